The Hall–Kier alpha value is -0.160. The lowest BCUT2D eigenvalue weighted by Gasteiger charge is -2.29. The van der Waals surface area contributed by atoms with E-state index in [1.165, 1.54) is 117 Å². The minimum absolute atomic E-state index is 0.769. The molecule has 0 aromatic rings. The number of piperidine rings is 2. The molecule has 0 aliphatic carbocycles. The van der Waals surface area contributed by atoms with Crippen molar-refractivity contribution in [3.05, 3.63) is 0 Å². The van der Waals surface area contributed by atoms with Crippen molar-refractivity contribution in [1.29, 1.82) is 0 Å². The zero-order valence-electron chi connectivity index (χ0n) is 24.8. The fourth-order valence-electron chi connectivity index (χ4n) is 5.39. The molecule has 204 valence electrons. The summed E-state index contributed by atoms with van der Waals surface area (Å²) >= 11 is 0. The second-order valence-electron chi connectivity index (χ2n) is 12.1. The second-order valence-corrected chi connectivity index (χ2v) is 12.1. The molecule has 0 radical (unpaired) electrons. The molecule has 0 amide bonds. The van der Waals surface area contributed by atoms with Gasteiger partial charge in [-0.3, -0.25) is 0 Å². The Morgan fingerprint density at radius 1 is 0.265 bits per heavy atom. The third kappa shape index (κ3) is 14.4. The van der Waals surface area contributed by atoms with Gasteiger partial charge < -0.3 is 19.6 Å². The largest absolute Gasteiger partial charge is 0.301 e. The van der Waals surface area contributed by atoms with Gasteiger partial charge in [-0.2, -0.15) is 0 Å². The lowest BCUT2D eigenvalue weighted by molar-refractivity contribution is 0.185. The molecule has 0 bridgehead atoms. The van der Waals surface area contributed by atoms with Crippen LogP contribution in [0.3, 0.4) is 0 Å². The van der Waals surface area contributed by atoms with Crippen LogP contribution in [-0.4, -0.2) is 96.1 Å². The quantitative estimate of drug-likeness (QED) is 0.441. The molecule has 0 atom stereocenters. The van der Waals surface area contributed by atoms with Crippen LogP contribution in [0.15, 0.2) is 0 Å². The Balaban J connectivity index is 0.000000227. The number of hydrogen-bond acceptors (Lipinski definition) is 4. The molecular formula is C30H64N4. The molecule has 4 nitrogen and oxygen atoms in total. The molecule has 4 fully saturated rings. The summed E-state index contributed by atoms with van der Waals surface area (Å²) < 4.78 is 0. The smallest absolute Gasteiger partial charge is 0.00385 e. The van der Waals surface area contributed by atoms with Crippen LogP contribution in [0.5, 0.6) is 0 Å². The van der Waals surface area contributed by atoms with Gasteiger partial charge in [0, 0.05) is 24.2 Å². The first-order chi connectivity index (χ1) is 16.2. The Morgan fingerprint density at radius 3 is 0.529 bits per heavy atom. The summed E-state index contributed by atoms with van der Waals surface area (Å²) in [6.45, 7) is 28.9. The summed E-state index contributed by atoms with van der Waals surface area (Å²) in [6.07, 6.45) is 14.2. The van der Waals surface area contributed by atoms with E-state index in [1.54, 1.807) is 0 Å². The molecule has 0 N–H and O–H groups in total. The number of likely N-dealkylation sites (tertiary alicyclic amines) is 4. The molecule has 4 heterocycles. The fraction of sp³-hybridized carbons (Fsp3) is 1.00. The van der Waals surface area contributed by atoms with Gasteiger partial charge in [0.2, 0.25) is 0 Å². The minimum atomic E-state index is 0.769. The average molecular weight is 481 g/mol. The molecule has 0 aromatic carbocycles. The van der Waals surface area contributed by atoms with E-state index >= 15 is 0 Å². The van der Waals surface area contributed by atoms with E-state index in [9.17, 15) is 0 Å². The number of hydrogen-bond donors (Lipinski definition) is 0. The van der Waals surface area contributed by atoms with Crippen LogP contribution >= 0.6 is 0 Å². The third-order valence-electron chi connectivity index (χ3n) is 7.98. The van der Waals surface area contributed by atoms with Gasteiger partial charge in [0.05, 0.1) is 0 Å². The van der Waals surface area contributed by atoms with E-state index < -0.39 is 0 Å². The fourth-order valence-corrected chi connectivity index (χ4v) is 5.39. The zero-order chi connectivity index (χ0) is 25.3. The van der Waals surface area contributed by atoms with Crippen LogP contribution in [0.2, 0.25) is 0 Å². The molecular weight excluding hydrogens is 416 g/mol. The lowest BCUT2D eigenvalue weighted by Crippen LogP contribution is -2.35. The molecule has 0 saturated carbocycles. The molecule has 0 unspecified atom stereocenters. The zero-order valence-corrected chi connectivity index (χ0v) is 24.8. The van der Waals surface area contributed by atoms with Crippen molar-refractivity contribution in [2.24, 2.45) is 0 Å². The summed E-state index contributed by atoms with van der Waals surface area (Å²) in [7, 11) is 0. The highest BCUT2D eigenvalue weighted by Crippen LogP contribution is 2.12. The van der Waals surface area contributed by atoms with Gasteiger partial charge in [-0.25, -0.2) is 0 Å². The molecule has 34 heavy (non-hydrogen) atoms. The van der Waals surface area contributed by atoms with Crippen molar-refractivity contribution in [2.75, 3.05) is 52.4 Å². The van der Waals surface area contributed by atoms with Crippen molar-refractivity contribution in [1.82, 2.24) is 19.6 Å². The standard InChI is InChI=1S/2C8H17N.2C7H15N/c2*1-8(2)9-6-4-3-5-7-9;2*1-7(2)8-5-3-4-6-8/h2*8H,3-7H2,1-2H3;2*7H,3-6H2,1-2H3. The maximum Gasteiger partial charge on any atom is 0.00385 e. The number of nitrogens with zero attached hydrogens (tertiary/aromatic N) is 4. The van der Waals surface area contributed by atoms with Gasteiger partial charge in [-0.1, -0.05) is 12.8 Å². The van der Waals surface area contributed by atoms with Crippen molar-refractivity contribution in [3.8, 4) is 0 Å². The highest BCUT2D eigenvalue weighted by molar-refractivity contribution is 4.70. The van der Waals surface area contributed by atoms with Crippen molar-refractivity contribution in [3.63, 3.8) is 0 Å². The first kappa shape index (κ1) is 31.9. The van der Waals surface area contributed by atoms with Crippen molar-refractivity contribution >= 4 is 0 Å². The molecule has 4 aliphatic rings. The van der Waals surface area contributed by atoms with E-state index in [0.29, 0.717) is 0 Å². The predicted octanol–water partition coefficient (Wildman–Crippen LogP) is 6.74. The Morgan fingerprint density at radius 2 is 0.412 bits per heavy atom. The molecule has 4 aliphatic heterocycles. The highest BCUT2D eigenvalue weighted by atomic mass is 15.2. The Bertz CT molecular complexity index is 397. The van der Waals surface area contributed by atoms with E-state index in [1.807, 2.05) is 0 Å². The minimum Gasteiger partial charge on any atom is -0.301 e. The lowest BCUT2D eigenvalue weighted by atomic mass is 10.1. The van der Waals surface area contributed by atoms with Gasteiger partial charge in [0.1, 0.15) is 0 Å². The molecule has 4 heteroatoms. The maximum absolute atomic E-state index is 2.56. The van der Waals surface area contributed by atoms with Crippen molar-refractivity contribution in [2.45, 2.75) is 144 Å². The molecule has 4 rings (SSSR count). The Labute approximate surface area is 215 Å². The van der Waals surface area contributed by atoms with Gasteiger partial charge in [-0.05, 0) is 159 Å². The van der Waals surface area contributed by atoms with Crippen LogP contribution in [0.1, 0.15) is 120 Å². The summed E-state index contributed by atoms with van der Waals surface area (Å²) in [5.41, 5.74) is 0. The predicted molar refractivity (Wildman–Crippen MR) is 153 cm³/mol. The normalized spacial score (nSPS) is 22.9. The molecule has 0 aromatic heterocycles. The summed E-state index contributed by atoms with van der Waals surface area (Å²) in [4.78, 5) is 10.2. The van der Waals surface area contributed by atoms with Crippen LogP contribution in [0, 0.1) is 0 Å². The van der Waals surface area contributed by atoms with Crippen molar-refractivity contribution < 1.29 is 0 Å². The van der Waals surface area contributed by atoms with Gasteiger partial charge in [0.25, 0.3) is 0 Å². The summed E-state index contributed by atoms with van der Waals surface area (Å²) in [5, 5.41) is 0. The third-order valence-corrected chi connectivity index (χ3v) is 7.98. The highest BCUT2D eigenvalue weighted by Gasteiger charge is 2.14. The SMILES string of the molecule is CC(C)N1CCCC1.CC(C)N1CCCC1.CC(C)N1CCCCC1.CC(C)N1CCCCC1. The number of rotatable bonds is 4. The average Bonchev–Trinajstić information content (AvgIpc) is 3.56. The van der Waals surface area contributed by atoms with Crippen LogP contribution in [0.4, 0.5) is 0 Å². The summed E-state index contributed by atoms with van der Waals surface area (Å²) in [6, 6.07) is 3.09. The van der Waals surface area contributed by atoms with Gasteiger partial charge in [0.15, 0.2) is 0 Å². The van der Waals surface area contributed by atoms with E-state index in [4.69, 9.17) is 0 Å². The topological polar surface area (TPSA) is 13.0 Å². The van der Waals surface area contributed by atoms with E-state index in [-0.39, 0.29) is 0 Å². The first-order valence-corrected chi connectivity index (χ1v) is 15.2. The van der Waals surface area contributed by atoms with Crippen LogP contribution < -0.4 is 0 Å². The first-order valence-electron chi connectivity index (χ1n) is 15.2. The van der Waals surface area contributed by atoms with E-state index in [0.717, 1.165) is 24.2 Å². The van der Waals surface area contributed by atoms with Gasteiger partial charge >= 0.3 is 0 Å². The Kier molecular flexibility index (Phi) is 17.8. The summed E-state index contributed by atoms with van der Waals surface area (Å²) in [5.74, 6) is 0. The van der Waals surface area contributed by atoms with E-state index in [2.05, 4.69) is 75.0 Å². The maximum atomic E-state index is 2.56. The monoisotopic (exact) mass is 481 g/mol. The molecule has 0 spiro atoms. The second kappa shape index (κ2) is 19.0. The van der Waals surface area contributed by atoms with Gasteiger partial charge in [-0.15, -0.1) is 0 Å². The molecule has 4 saturated heterocycles. The van der Waals surface area contributed by atoms with Crippen LogP contribution in [0.25, 0.3) is 0 Å². The van der Waals surface area contributed by atoms with Crippen LogP contribution in [-0.2, 0) is 0 Å².